The van der Waals surface area contributed by atoms with E-state index in [2.05, 4.69) is 55.0 Å². The number of rotatable bonds is 4. The lowest BCUT2D eigenvalue weighted by Crippen LogP contribution is -2.18. The van der Waals surface area contributed by atoms with Crippen LogP contribution in [0.1, 0.15) is 24.4 Å². The zero-order valence-electron chi connectivity index (χ0n) is 8.85. The lowest BCUT2D eigenvalue weighted by atomic mass is 10.1. The summed E-state index contributed by atoms with van der Waals surface area (Å²) in [5.41, 5.74) is 1.23. The second-order valence-electron chi connectivity index (χ2n) is 3.50. The average molecular weight is 282 g/mol. The molecule has 84 valence electrons. The van der Waals surface area contributed by atoms with Gasteiger partial charge in [-0.3, -0.25) is 0 Å². The Labute approximate surface area is 102 Å². The Kier molecular flexibility index (Phi) is 3.69. The minimum atomic E-state index is 0.256. The van der Waals surface area contributed by atoms with Gasteiger partial charge in [-0.25, -0.2) is 0 Å². The van der Waals surface area contributed by atoms with Crippen LogP contribution in [-0.4, -0.2) is 10.1 Å². The van der Waals surface area contributed by atoms with Gasteiger partial charge in [0.15, 0.2) is 5.82 Å². The molecule has 0 amide bonds. The maximum Gasteiger partial charge on any atom is 0.213 e. The monoisotopic (exact) mass is 281 g/mol. The zero-order valence-corrected chi connectivity index (χ0v) is 10.4. The second-order valence-corrected chi connectivity index (χ2v) is 4.42. The van der Waals surface area contributed by atoms with E-state index in [1.165, 1.54) is 12.0 Å². The molecule has 0 radical (unpaired) electrons. The lowest BCUT2D eigenvalue weighted by Gasteiger charge is -2.12. The van der Waals surface area contributed by atoms with Gasteiger partial charge in [0.05, 0.1) is 6.54 Å². The Morgan fingerprint density at radius 1 is 1.38 bits per heavy atom. The molecule has 2 rings (SSSR count). The van der Waals surface area contributed by atoms with E-state index in [1.54, 1.807) is 0 Å². The Morgan fingerprint density at radius 3 is 2.75 bits per heavy atom. The van der Waals surface area contributed by atoms with Crippen LogP contribution in [0.25, 0.3) is 0 Å². The van der Waals surface area contributed by atoms with Gasteiger partial charge in [-0.05, 0) is 24.6 Å². The normalized spacial score (nSPS) is 12.6. The van der Waals surface area contributed by atoms with Crippen molar-refractivity contribution in [2.45, 2.75) is 19.5 Å². The Hall–Kier alpha value is -1.20. The predicted octanol–water partition coefficient (Wildman–Crippen LogP) is 2.68. The van der Waals surface area contributed by atoms with E-state index < -0.39 is 0 Å². The van der Waals surface area contributed by atoms with Gasteiger partial charge in [0.2, 0.25) is 6.39 Å². The van der Waals surface area contributed by atoms with Crippen LogP contribution in [-0.2, 0) is 6.54 Å². The standard InChI is InChI=1S/C11H12BrN3O/c1-8(9-2-4-10(12)5-3-9)13-6-11-14-7-16-15-11/h2-5,7-8,13H,6H2,1H3. The minimum Gasteiger partial charge on any atom is -0.343 e. The van der Waals surface area contributed by atoms with Crippen molar-refractivity contribution in [1.29, 1.82) is 0 Å². The number of benzene rings is 1. The van der Waals surface area contributed by atoms with Gasteiger partial charge >= 0.3 is 0 Å². The molecule has 1 aromatic carbocycles. The highest BCUT2D eigenvalue weighted by Gasteiger charge is 2.06. The quantitative estimate of drug-likeness (QED) is 0.936. The Bertz CT molecular complexity index is 427. The molecule has 16 heavy (non-hydrogen) atoms. The van der Waals surface area contributed by atoms with Crippen LogP contribution in [0.3, 0.4) is 0 Å². The Balaban J connectivity index is 1.93. The maximum atomic E-state index is 4.66. The molecule has 0 aliphatic heterocycles. The van der Waals surface area contributed by atoms with Crippen LogP contribution < -0.4 is 5.32 Å². The number of nitrogens with one attached hydrogen (secondary N) is 1. The van der Waals surface area contributed by atoms with Crippen molar-refractivity contribution in [1.82, 2.24) is 15.5 Å². The van der Waals surface area contributed by atoms with Crippen molar-refractivity contribution >= 4 is 15.9 Å². The van der Waals surface area contributed by atoms with E-state index >= 15 is 0 Å². The third kappa shape index (κ3) is 2.90. The summed E-state index contributed by atoms with van der Waals surface area (Å²) in [7, 11) is 0. The van der Waals surface area contributed by atoms with E-state index in [-0.39, 0.29) is 6.04 Å². The number of aromatic nitrogens is 2. The summed E-state index contributed by atoms with van der Waals surface area (Å²) in [4.78, 5) is 3.95. The SMILES string of the molecule is CC(NCc1ncon1)c1ccc(Br)cc1. The highest BCUT2D eigenvalue weighted by molar-refractivity contribution is 9.10. The molecule has 0 spiro atoms. The molecule has 0 aliphatic carbocycles. The van der Waals surface area contributed by atoms with Gasteiger partial charge in [0.25, 0.3) is 0 Å². The molecule has 0 fully saturated rings. The summed E-state index contributed by atoms with van der Waals surface area (Å²) in [6.07, 6.45) is 1.33. The van der Waals surface area contributed by atoms with Crippen molar-refractivity contribution in [2.24, 2.45) is 0 Å². The molecule has 0 aliphatic rings. The molecule has 0 bridgehead atoms. The molecule has 1 atom stereocenters. The topological polar surface area (TPSA) is 51.0 Å². The molecule has 1 N–H and O–H groups in total. The smallest absolute Gasteiger partial charge is 0.213 e. The molecule has 1 aromatic heterocycles. The van der Waals surface area contributed by atoms with Crippen LogP contribution in [0.2, 0.25) is 0 Å². The summed E-state index contributed by atoms with van der Waals surface area (Å²) >= 11 is 3.41. The van der Waals surface area contributed by atoms with Gasteiger partial charge < -0.3 is 9.84 Å². The predicted molar refractivity (Wildman–Crippen MR) is 63.7 cm³/mol. The minimum absolute atomic E-state index is 0.256. The number of halogens is 1. The van der Waals surface area contributed by atoms with Crippen LogP contribution in [0.5, 0.6) is 0 Å². The number of nitrogens with zero attached hydrogens (tertiary/aromatic N) is 2. The highest BCUT2D eigenvalue weighted by Crippen LogP contribution is 2.16. The first kappa shape index (κ1) is 11.3. The molecular weight excluding hydrogens is 270 g/mol. The van der Waals surface area contributed by atoms with E-state index in [9.17, 15) is 0 Å². The summed E-state index contributed by atoms with van der Waals surface area (Å²) in [5.74, 6) is 0.670. The first-order valence-electron chi connectivity index (χ1n) is 5.00. The van der Waals surface area contributed by atoms with Gasteiger partial charge in [0, 0.05) is 10.5 Å². The van der Waals surface area contributed by atoms with Crippen molar-refractivity contribution < 1.29 is 4.52 Å². The molecule has 0 saturated carbocycles. The summed E-state index contributed by atoms with van der Waals surface area (Å²) in [6.45, 7) is 2.71. The summed E-state index contributed by atoms with van der Waals surface area (Å²) in [6, 6.07) is 8.48. The zero-order chi connectivity index (χ0) is 11.4. The Morgan fingerprint density at radius 2 is 2.12 bits per heavy atom. The lowest BCUT2D eigenvalue weighted by molar-refractivity contribution is 0.405. The molecule has 1 unspecified atom stereocenters. The van der Waals surface area contributed by atoms with Crippen LogP contribution in [0, 0.1) is 0 Å². The fourth-order valence-electron chi connectivity index (χ4n) is 1.38. The number of hydrogen-bond acceptors (Lipinski definition) is 4. The largest absolute Gasteiger partial charge is 0.343 e. The molecule has 2 aromatic rings. The highest BCUT2D eigenvalue weighted by atomic mass is 79.9. The summed E-state index contributed by atoms with van der Waals surface area (Å²) in [5, 5.41) is 7.06. The second kappa shape index (κ2) is 5.23. The first-order chi connectivity index (χ1) is 7.75. The van der Waals surface area contributed by atoms with Crippen LogP contribution >= 0.6 is 15.9 Å². The van der Waals surface area contributed by atoms with E-state index in [1.807, 2.05) is 12.1 Å². The third-order valence-electron chi connectivity index (χ3n) is 2.34. The molecule has 1 heterocycles. The molecule has 5 heteroatoms. The number of hydrogen-bond donors (Lipinski definition) is 1. The average Bonchev–Trinajstić information content (AvgIpc) is 2.80. The molecular formula is C11H12BrN3O. The van der Waals surface area contributed by atoms with Crippen LogP contribution in [0.15, 0.2) is 39.7 Å². The van der Waals surface area contributed by atoms with Crippen molar-refractivity contribution in [3.05, 3.63) is 46.5 Å². The van der Waals surface area contributed by atoms with Gasteiger partial charge in [-0.2, -0.15) is 4.98 Å². The fraction of sp³-hybridized carbons (Fsp3) is 0.273. The van der Waals surface area contributed by atoms with E-state index in [0.717, 1.165) is 4.47 Å². The van der Waals surface area contributed by atoms with Crippen LogP contribution in [0.4, 0.5) is 0 Å². The van der Waals surface area contributed by atoms with Crippen molar-refractivity contribution in [3.8, 4) is 0 Å². The third-order valence-corrected chi connectivity index (χ3v) is 2.87. The summed E-state index contributed by atoms with van der Waals surface area (Å²) < 4.78 is 5.75. The van der Waals surface area contributed by atoms with Gasteiger partial charge in [-0.15, -0.1) is 0 Å². The van der Waals surface area contributed by atoms with Gasteiger partial charge in [-0.1, -0.05) is 33.2 Å². The maximum absolute atomic E-state index is 4.66. The molecule has 0 saturated heterocycles. The van der Waals surface area contributed by atoms with Gasteiger partial charge in [0.1, 0.15) is 0 Å². The van der Waals surface area contributed by atoms with E-state index in [4.69, 9.17) is 0 Å². The van der Waals surface area contributed by atoms with E-state index in [0.29, 0.717) is 12.4 Å². The van der Waals surface area contributed by atoms with Crippen molar-refractivity contribution in [3.63, 3.8) is 0 Å². The molecule has 4 nitrogen and oxygen atoms in total. The fourth-order valence-corrected chi connectivity index (χ4v) is 1.65. The van der Waals surface area contributed by atoms with Crippen molar-refractivity contribution in [2.75, 3.05) is 0 Å². The first-order valence-corrected chi connectivity index (χ1v) is 5.79.